The van der Waals surface area contributed by atoms with Crippen LogP contribution in [0.15, 0.2) is 79.1 Å². The summed E-state index contributed by atoms with van der Waals surface area (Å²) < 4.78 is 17.5. The van der Waals surface area contributed by atoms with Crippen LogP contribution in [0.1, 0.15) is 0 Å². The molecule has 3 heterocycles. The van der Waals surface area contributed by atoms with E-state index in [-0.39, 0.29) is 13.2 Å². The molecule has 0 aliphatic rings. The maximum Gasteiger partial charge on any atom is 0.163 e. The average Bonchev–Trinajstić information content (AvgIpc) is 2.87. The molecule has 0 fully saturated rings. The third-order valence-corrected chi connectivity index (χ3v) is 5.16. The minimum atomic E-state index is -0.0934. The Bertz CT molecular complexity index is 1420. The Morgan fingerprint density at radius 1 is 0.818 bits per heavy atom. The summed E-state index contributed by atoms with van der Waals surface area (Å²) in [6.07, 6.45) is 3.40. The second kappa shape index (κ2) is 9.10. The molecule has 7 nitrogen and oxygen atoms in total. The van der Waals surface area contributed by atoms with Gasteiger partial charge in [-0.15, -0.1) is 0 Å². The number of hydrogen-bond donors (Lipinski definition) is 1. The summed E-state index contributed by atoms with van der Waals surface area (Å²) in [7, 11) is 1.57. The van der Waals surface area contributed by atoms with E-state index in [0.29, 0.717) is 39.9 Å². The van der Waals surface area contributed by atoms with Crippen molar-refractivity contribution in [3.05, 3.63) is 79.1 Å². The number of aliphatic hydroxyl groups excluding tert-OH is 1. The summed E-state index contributed by atoms with van der Waals surface area (Å²) >= 11 is 0. The summed E-state index contributed by atoms with van der Waals surface area (Å²) in [5, 5.41) is 10.7. The number of aliphatic hydroxyl groups is 1. The van der Waals surface area contributed by atoms with Crippen molar-refractivity contribution < 1.29 is 19.3 Å². The molecule has 0 aliphatic carbocycles. The maximum absolute atomic E-state index is 9.10. The molecule has 0 saturated heterocycles. The highest BCUT2D eigenvalue weighted by molar-refractivity contribution is 5.89. The first-order valence-electron chi connectivity index (χ1n) is 10.5. The van der Waals surface area contributed by atoms with E-state index in [2.05, 4.69) is 9.97 Å². The lowest BCUT2D eigenvalue weighted by Gasteiger charge is -2.15. The van der Waals surface area contributed by atoms with Crippen LogP contribution in [0.4, 0.5) is 0 Å². The summed E-state index contributed by atoms with van der Waals surface area (Å²) in [5.74, 6) is 2.24. The van der Waals surface area contributed by atoms with Crippen LogP contribution in [-0.4, -0.2) is 40.4 Å². The van der Waals surface area contributed by atoms with Crippen LogP contribution in [0.5, 0.6) is 23.0 Å². The maximum atomic E-state index is 9.10. The van der Waals surface area contributed by atoms with E-state index in [1.54, 1.807) is 31.6 Å². The van der Waals surface area contributed by atoms with Gasteiger partial charge < -0.3 is 19.3 Å². The first kappa shape index (κ1) is 20.7. The van der Waals surface area contributed by atoms with Gasteiger partial charge >= 0.3 is 0 Å². The number of hydrogen-bond acceptors (Lipinski definition) is 7. The van der Waals surface area contributed by atoms with Crippen LogP contribution in [0.2, 0.25) is 0 Å². The molecule has 5 rings (SSSR count). The Morgan fingerprint density at radius 3 is 2.52 bits per heavy atom. The van der Waals surface area contributed by atoms with Gasteiger partial charge in [-0.3, -0.25) is 4.98 Å². The Labute approximate surface area is 190 Å². The van der Waals surface area contributed by atoms with E-state index in [0.717, 1.165) is 16.3 Å². The Balaban J connectivity index is 1.64. The molecule has 0 unspecified atom stereocenters. The smallest absolute Gasteiger partial charge is 0.163 e. The molecule has 3 aromatic heterocycles. The average molecular weight is 439 g/mol. The van der Waals surface area contributed by atoms with Crippen molar-refractivity contribution in [2.45, 2.75) is 0 Å². The zero-order valence-electron chi connectivity index (χ0n) is 17.9. The lowest BCUT2D eigenvalue weighted by atomic mass is 10.1. The monoisotopic (exact) mass is 439 g/mol. The fourth-order valence-corrected chi connectivity index (χ4v) is 3.63. The number of ether oxygens (including phenoxy) is 3. The lowest BCUT2D eigenvalue weighted by molar-refractivity contribution is 0.196. The van der Waals surface area contributed by atoms with Gasteiger partial charge in [-0.2, -0.15) is 0 Å². The number of aromatic nitrogens is 3. The van der Waals surface area contributed by atoms with E-state index in [1.165, 1.54) is 0 Å². The number of rotatable bonds is 7. The van der Waals surface area contributed by atoms with Crippen LogP contribution < -0.4 is 14.2 Å². The quantitative estimate of drug-likeness (QED) is 0.381. The first-order valence-corrected chi connectivity index (χ1v) is 10.5. The largest absolute Gasteiger partial charge is 0.493 e. The molecule has 33 heavy (non-hydrogen) atoms. The van der Waals surface area contributed by atoms with E-state index < -0.39 is 0 Å². The van der Waals surface area contributed by atoms with Gasteiger partial charge in [-0.05, 0) is 30.3 Å². The van der Waals surface area contributed by atoms with Gasteiger partial charge in [0.2, 0.25) is 0 Å². The van der Waals surface area contributed by atoms with Crippen LogP contribution in [0.25, 0.3) is 33.2 Å². The summed E-state index contributed by atoms with van der Waals surface area (Å²) in [6, 6.07) is 21.0. The summed E-state index contributed by atoms with van der Waals surface area (Å²) in [5.41, 5.74) is 2.95. The molecular formula is C26H21N3O4. The molecule has 7 heteroatoms. The van der Waals surface area contributed by atoms with Crippen LogP contribution in [-0.2, 0) is 0 Å². The molecule has 0 spiro atoms. The Kier molecular flexibility index (Phi) is 5.70. The minimum Gasteiger partial charge on any atom is -0.493 e. The highest BCUT2D eigenvalue weighted by atomic mass is 16.5. The molecule has 0 amide bonds. The molecule has 0 saturated carbocycles. The van der Waals surface area contributed by atoms with Crippen molar-refractivity contribution in [3.63, 3.8) is 0 Å². The van der Waals surface area contributed by atoms with Crippen LogP contribution in [0.3, 0.4) is 0 Å². The van der Waals surface area contributed by atoms with Crippen molar-refractivity contribution >= 4 is 21.9 Å². The van der Waals surface area contributed by atoms with Gasteiger partial charge in [0.25, 0.3) is 0 Å². The first-order chi connectivity index (χ1) is 16.3. The third-order valence-electron chi connectivity index (χ3n) is 5.16. The number of pyridine rings is 3. The topological polar surface area (TPSA) is 86.6 Å². The van der Waals surface area contributed by atoms with Gasteiger partial charge in [0, 0.05) is 34.8 Å². The zero-order chi connectivity index (χ0) is 22.6. The zero-order valence-corrected chi connectivity index (χ0v) is 17.9. The molecule has 2 aromatic carbocycles. The van der Waals surface area contributed by atoms with E-state index in [4.69, 9.17) is 24.3 Å². The van der Waals surface area contributed by atoms with Crippen LogP contribution >= 0.6 is 0 Å². The third kappa shape index (κ3) is 4.14. The molecule has 0 bridgehead atoms. The number of benzene rings is 2. The molecule has 0 atom stereocenters. The van der Waals surface area contributed by atoms with E-state index >= 15 is 0 Å². The number of fused-ring (bicyclic) bond motifs is 2. The van der Waals surface area contributed by atoms with Gasteiger partial charge in [0.15, 0.2) is 22.9 Å². The van der Waals surface area contributed by atoms with Crippen molar-refractivity contribution in [1.29, 1.82) is 0 Å². The van der Waals surface area contributed by atoms with Crippen LogP contribution in [0, 0.1) is 0 Å². The standard InChI is InChI=1S/C26H21N3O4/c1-31-22-15-19-20(16-23(22)32-13-12-30)27-11-9-21(19)33-24-14-18-8-5-10-28-26(18)29-25(24)17-6-3-2-4-7-17/h2-11,14-16,30H,12-13H2,1H3. The molecule has 164 valence electrons. The highest BCUT2D eigenvalue weighted by Gasteiger charge is 2.16. The van der Waals surface area contributed by atoms with Crippen molar-refractivity contribution in [2.75, 3.05) is 20.3 Å². The SMILES string of the molecule is COc1cc2c(Oc3cc4cccnc4nc3-c3ccccc3)ccnc2cc1OCCO. The molecule has 0 aliphatic heterocycles. The van der Waals surface area contributed by atoms with Crippen molar-refractivity contribution in [3.8, 4) is 34.3 Å². The van der Waals surface area contributed by atoms with Crippen molar-refractivity contribution in [1.82, 2.24) is 15.0 Å². The van der Waals surface area contributed by atoms with Gasteiger partial charge in [0.1, 0.15) is 18.1 Å². The molecule has 5 aromatic rings. The summed E-state index contributed by atoms with van der Waals surface area (Å²) in [6.45, 7) is 0.0686. The predicted octanol–water partition coefficient (Wildman–Crippen LogP) is 5.02. The van der Waals surface area contributed by atoms with E-state index in [1.807, 2.05) is 54.6 Å². The minimum absolute atomic E-state index is 0.0934. The van der Waals surface area contributed by atoms with Gasteiger partial charge in [-0.25, -0.2) is 9.97 Å². The Hall–Kier alpha value is -4.23. The normalized spacial score (nSPS) is 11.0. The fraction of sp³-hybridized carbons (Fsp3) is 0.115. The second-order valence-electron chi connectivity index (χ2n) is 7.25. The molecular weight excluding hydrogens is 418 g/mol. The second-order valence-corrected chi connectivity index (χ2v) is 7.25. The van der Waals surface area contributed by atoms with E-state index in [9.17, 15) is 0 Å². The van der Waals surface area contributed by atoms with Crippen molar-refractivity contribution in [2.24, 2.45) is 0 Å². The van der Waals surface area contributed by atoms with Gasteiger partial charge in [0.05, 0.1) is 19.2 Å². The van der Waals surface area contributed by atoms with Gasteiger partial charge in [-0.1, -0.05) is 30.3 Å². The highest BCUT2D eigenvalue weighted by Crippen LogP contribution is 2.39. The fourth-order valence-electron chi connectivity index (χ4n) is 3.63. The molecule has 0 radical (unpaired) electrons. The number of nitrogens with zero attached hydrogens (tertiary/aromatic N) is 3. The number of methoxy groups -OCH3 is 1. The Morgan fingerprint density at radius 2 is 1.70 bits per heavy atom. The molecule has 1 N–H and O–H groups in total. The lowest BCUT2D eigenvalue weighted by Crippen LogP contribution is -2.03. The summed E-state index contributed by atoms with van der Waals surface area (Å²) in [4.78, 5) is 13.6. The predicted molar refractivity (Wildman–Crippen MR) is 126 cm³/mol.